The Morgan fingerprint density at radius 2 is 2.11 bits per heavy atom. The van der Waals surface area contributed by atoms with Crippen molar-refractivity contribution in [2.24, 2.45) is 5.92 Å². The maximum absolute atomic E-state index is 14.1. The summed E-state index contributed by atoms with van der Waals surface area (Å²) in [5.74, 6) is -1.48. The van der Waals surface area contributed by atoms with Crippen molar-refractivity contribution in [3.8, 4) is 0 Å². The molecule has 2 unspecified atom stereocenters. The summed E-state index contributed by atoms with van der Waals surface area (Å²) in [6.45, 7) is 4.56. The van der Waals surface area contributed by atoms with E-state index in [4.69, 9.17) is 0 Å². The fraction of sp³-hybridized carbons (Fsp3) is 0.571. The molecule has 1 aliphatic rings. The number of aliphatic hydroxyl groups is 1. The minimum atomic E-state index is -1.48. The zero-order chi connectivity index (χ0) is 13.3. The first-order chi connectivity index (χ1) is 8.44. The Morgan fingerprint density at radius 3 is 2.72 bits per heavy atom. The van der Waals surface area contributed by atoms with Gasteiger partial charge in [0.25, 0.3) is 0 Å². The number of piperidine rings is 1. The fourth-order valence-electron chi connectivity index (χ4n) is 2.66. The van der Waals surface area contributed by atoms with Gasteiger partial charge in [-0.3, -0.25) is 0 Å². The number of rotatable bonds is 2. The summed E-state index contributed by atoms with van der Waals surface area (Å²) in [6.07, 6.45) is 1.68. The zero-order valence-corrected chi connectivity index (χ0v) is 10.8. The molecule has 100 valence electrons. The summed E-state index contributed by atoms with van der Waals surface area (Å²) in [5.41, 5.74) is -1.32. The molecule has 4 heteroatoms. The van der Waals surface area contributed by atoms with Gasteiger partial charge in [-0.05, 0) is 44.9 Å². The van der Waals surface area contributed by atoms with Gasteiger partial charge in [0.05, 0.1) is 11.2 Å². The maximum Gasteiger partial charge on any atom is 0.135 e. The highest BCUT2D eigenvalue weighted by atomic mass is 19.1. The van der Waals surface area contributed by atoms with Crippen LogP contribution in [0, 0.1) is 24.5 Å². The summed E-state index contributed by atoms with van der Waals surface area (Å²) in [6, 6.07) is 2.61. The molecule has 0 aromatic heterocycles. The van der Waals surface area contributed by atoms with E-state index in [1.807, 2.05) is 0 Å². The van der Waals surface area contributed by atoms with Gasteiger partial charge in [-0.15, -0.1) is 0 Å². The van der Waals surface area contributed by atoms with Gasteiger partial charge >= 0.3 is 0 Å². The normalized spacial score (nSPS) is 23.7. The Labute approximate surface area is 106 Å². The fourth-order valence-corrected chi connectivity index (χ4v) is 2.66. The Kier molecular flexibility index (Phi) is 3.69. The molecule has 2 N–H and O–H groups in total. The van der Waals surface area contributed by atoms with Crippen LogP contribution in [-0.2, 0) is 5.60 Å². The van der Waals surface area contributed by atoms with E-state index >= 15 is 0 Å². The van der Waals surface area contributed by atoms with E-state index in [1.165, 1.54) is 19.1 Å². The molecule has 0 spiro atoms. The molecule has 0 aliphatic carbocycles. The topological polar surface area (TPSA) is 32.3 Å². The molecule has 1 aromatic carbocycles. The molecule has 2 atom stereocenters. The van der Waals surface area contributed by atoms with Crippen LogP contribution in [0.25, 0.3) is 0 Å². The van der Waals surface area contributed by atoms with Gasteiger partial charge < -0.3 is 10.4 Å². The summed E-state index contributed by atoms with van der Waals surface area (Å²) in [7, 11) is 0. The van der Waals surface area contributed by atoms with Gasteiger partial charge in [0.1, 0.15) is 11.6 Å². The largest absolute Gasteiger partial charge is 0.385 e. The highest BCUT2D eigenvalue weighted by Crippen LogP contribution is 2.37. The molecule has 18 heavy (non-hydrogen) atoms. The van der Waals surface area contributed by atoms with Crippen LogP contribution in [-0.4, -0.2) is 18.2 Å². The van der Waals surface area contributed by atoms with Crippen LogP contribution in [0.2, 0.25) is 0 Å². The SMILES string of the molecule is Cc1ccc(F)c(C(C)(O)C2CCCNC2)c1F. The Hall–Kier alpha value is -1.00. The summed E-state index contributed by atoms with van der Waals surface area (Å²) in [5, 5.41) is 13.7. The molecule has 0 radical (unpaired) electrons. The maximum atomic E-state index is 14.1. The van der Waals surface area contributed by atoms with Gasteiger partial charge in [-0.2, -0.15) is 0 Å². The van der Waals surface area contributed by atoms with Crippen molar-refractivity contribution < 1.29 is 13.9 Å². The lowest BCUT2D eigenvalue weighted by molar-refractivity contribution is -0.0216. The molecular formula is C14H19F2NO. The molecule has 1 aromatic rings. The average molecular weight is 255 g/mol. The van der Waals surface area contributed by atoms with Crippen molar-refractivity contribution in [1.29, 1.82) is 0 Å². The first-order valence-corrected chi connectivity index (χ1v) is 6.32. The quantitative estimate of drug-likeness (QED) is 0.851. The van der Waals surface area contributed by atoms with Crippen molar-refractivity contribution >= 4 is 0 Å². The lowest BCUT2D eigenvalue weighted by Gasteiger charge is -2.36. The Morgan fingerprint density at radius 1 is 1.39 bits per heavy atom. The van der Waals surface area contributed by atoms with Crippen LogP contribution in [0.4, 0.5) is 8.78 Å². The van der Waals surface area contributed by atoms with E-state index in [9.17, 15) is 13.9 Å². The molecule has 0 saturated carbocycles. The second-order valence-electron chi connectivity index (χ2n) is 5.24. The molecule has 1 fully saturated rings. The highest BCUT2D eigenvalue weighted by molar-refractivity contribution is 5.31. The third-order valence-electron chi connectivity index (χ3n) is 3.88. The molecule has 2 nitrogen and oxygen atoms in total. The van der Waals surface area contributed by atoms with E-state index in [2.05, 4.69) is 5.32 Å². The van der Waals surface area contributed by atoms with E-state index in [0.717, 1.165) is 19.4 Å². The van der Waals surface area contributed by atoms with Crippen molar-refractivity contribution in [2.75, 3.05) is 13.1 Å². The summed E-state index contributed by atoms with van der Waals surface area (Å²) >= 11 is 0. The van der Waals surface area contributed by atoms with Gasteiger partial charge in [-0.1, -0.05) is 6.07 Å². The molecule has 2 rings (SSSR count). The first kappa shape index (κ1) is 13.4. The minimum Gasteiger partial charge on any atom is -0.385 e. The average Bonchev–Trinajstić information content (AvgIpc) is 2.35. The van der Waals surface area contributed by atoms with Crippen LogP contribution in [0.5, 0.6) is 0 Å². The molecule has 0 amide bonds. The van der Waals surface area contributed by atoms with Crippen LogP contribution in [0.15, 0.2) is 12.1 Å². The predicted molar refractivity (Wildman–Crippen MR) is 66.3 cm³/mol. The lowest BCUT2D eigenvalue weighted by atomic mass is 9.78. The van der Waals surface area contributed by atoms with Crippen LogP contribution >= 0.6 is 0 Å². The molecule has 0 bridgehead atoms. The number of benzene rings is 1. The van der Waals surface area contributed by atoms with Crippen molar-refractivity contribution in [3.63, 3.8) is 0 Å². The van der Waals surface area contributed by atoms with Gasteiger partial charge in [0, 0.05) is 12.5 Å². The van der Waals surface area contributed by atoms with E-state index < -0.39 is 17.2 Å². The number of hydrogen-bond donors (Lipinski definition) is 2. The third-order valence-corrected chi connectivity index (χ3v) is 3.88. The summed E-state index contributed by atoms with van der Waals surface area (Å²) < 4.78 is 28.0. The predicted octanol–water partition coefficient (Wildman–Crippen LogP) is 2.48. The number of hydrogen-bond acceptors (Lipinski definition) is 2. The van der Waals surface area contributed by atoms with Gasteiger partial charge in [0.15, 0.2) is 0 Å². The molecule has 1 heterocycles. The number of halogens is 2. The second kappa shape index (κ2) is 4.94. The number of aryl methyl sites for hydroxylation is 1. The highest BCUT2D eigenvalue weighted by Gasteiger charge is 2.39. The lowest BCUT2D eigenvalue weighted by Crippen LogP contribution is -2.43. The standard InChI is InChI=1S/C14H19F2NO/c1-9-5-6-11(15)12(13(9)16)14(2,18)10-4-3-7-17-8-10/h5-6,10,17-18H,3-4,7-8H2,1-2H3. The van der Waals surface area contributed by atoms with E-state index in [1.54, 1.807) is 6.92 Å². The van der Waals surface area contributed by atoms with Gasteiger partial charge in [-0.25, -0.2) is 8.78 Å². The van der Waals surface area contributed by atoms with Crippen molar-refractivity contribution in [3.05, 3.63) is 34.9 Å². The van der Waals surface area contributed by atoms with Gasteiger partial charge in [0.2, 0.25) is 0 Å². The van der Waals surface area contributed by atoms with Crippen LogP contribution < -0.4 is 5.32 Å². The Bertz CT molecular complexity index is 440. The molecule has 1 saturated heterocycles. The van der Waals surface area contributed by atoms with Crippen molar-refractivity contribution in [2.45, 2.75) is 32.3 Å². The molecular weight excluding hydrogens is 236 g/mol. The number of nitrogens with one attached hydrogen (secondary N) is 1. The monoisotopic (exact) mass is 255 g/mol. The third kappa shape index (κ3) is 2.27. The first-order valence-electron chi connectivity index (χ1n) is 6.32. The minimum absolute atomic E-state index is 0.169. The van der Waals surface area contributed by atoms with Crippen LogP contribution in [0.3, 0.4) is 0 Å². The Balaban J connectivity index is 2.42. The van der Waals surface area contributed by atoms with E-state index in [-0.39, 0.29) is 11.5 Å². The zero-order valence-electron chi connectivity index (χ0n) is 10.8. The summed E-state index contributed by atoms with van der Waals surface area (Å²) in [4.78, 5) is 0. The van der Waals surface area contributed by atoms with Crippen molar-refractivity contribution in [1.82, 2.24) is 5.32 Å². The smallest absolute Gasteiger partial charge is 0.135 e. The van der Waals surface area contributed by atoms with E-state index in [0.29, 0.717) is 12.1 Å². The second-order valence-corrected chi connectivity index (χ2v) is 5.24. The van der Waals surface area contributed by atoms with Crippen LogP contribution in [0.1, 0.15) is 30.9 Å². The molecule has 1 aliphatic heterocycles.